The molecule has 0 saturated carbocycles. The second-order valence-corrected chi connectivity index (χ2v) is 4.70. The third-order valence-corrected chi connectivity index (χ3v) is 3.40. The average molecular weight is 225 g/mol. The zero-order valence-corrected chi connectivity index (χ0v) is 10.4. The first-order chi connectivity index (χ1) is 6.65. The Balaban J connectivity index is 2.71. The first-order valence-corrected chi connectivity index (χ1v) is 6.15. The second-order valence-electron chi connectivity index (χ2n) is 3.22. The number of nitrogens with one attached hydrogen (secondary N) is 1. The lowest BCUT2D eigenvalue weighted by molar-refractivity contribution is 0.917. The predicted octanol–water partition coefficient (Wildman–Crippen LogP) is 3.04. The fourth-order valence-corrected chi connectivity index (χ4v) is 1.65. The summed E-state index contributed by atoms with van der Waals surface area (Å²) < 4.78 is 0.854. The SMILES string of the molecule is CSC(=S)NCc1c(C)cccc1C. The molecule has 1 rings (SSSR count). The third-order valence-electron chi connectivity index (χ3n) is 2.24. The van der Waals surface area contributed by atoms with Crippen molar-refractivity contribution in [1.29, 1.82) is 0 Å². The molecule has 0 amide bonds. The largest absolute Gasteiger partial charge is 0.367 e. The summed E-state index contributed by atoms with van der Waals surface area (Å²) in [6.45, 7) is 5.09. The Morgan fingerprint density at radius 1 is 1.36 bits per heavy atom. The number of rotatable bonds is 2. The molecule has 1 aromatic rings. The Kier molecular flexibility index (Phi) is 4.42. The van der Waals surface area contributed by atoms with Gasteiger partial charge < -0.3 is 5.32 Å². The maximum atomic E-state index is 5.09. The van der Waals surface area contributed by atoms with Gasteiger partial charge in [0, 0.05) is 6.54 Å². The van der Waals surface area contributed by atoms with Crippen LogP contribution in [0.15, 0.2) is 18.2 Å². The van der Waals surface area contributed by atoms with E-state index in [1.165, 1.54) is 16.7 Å². The highest BCUT2D eigenvalue weighted by Crippen LogP contribution is 2.13. The van der Waals surface area contributed by atoms with Gasteiger partial charge in [0.25, 0.3) is 0 Å². The highest BCUT2D eigenvalue weighted by molar-refractivity contribution is 8.22. The molecule has 0 radical (unpaired) electrons. The van der Waals surface area contributed by atoms with E-state index in [1.54, 1.807) is 11.8 Å². The number of thioether (sulfide) groups is 1. The van der Waals surface area contributed by atoms with Gasteiger partial charge in [-0.3, -0.25) is 0 Å². The van der Waals surface area contributed by atoms with E-state index in [0.717, 1.165) is 10.9 Å². The van der Waals surface area contributed by atoms with E-state index in [1.807, 2.05) is 6.26 Å². The molecule has 0 aliphatic heterocycles. The van der Waals surface area contributed by atoms with Crippen LogP contribution in [0.25, 0.3) is 0 Å². The standard InChI is InChI=1S/C11H15NS2/c1-8-5-4-6-9(2)10(8)7-12-11(13)14-3/h4-6H,7H2,1-3H3,(H,12,13). The highest BCUT2D eigenvalue weighted by atomic mass is 32.2. The van der Waals surface area contributed by atoms with Crippen LogP contribution in [-0.2, 0) is 6.54 Å². The smallest absolute Gasteiger partial charge is 0.133 e. The molecule has 0 spiro atoms. The number of hydrogen-bond donors (Lipinski definition) is 1. The zero-order valence-electron chi connectivity index (χ0n) is 8.76. The monoisotopic (exact) mass is 225 g/mol. The average Bonchev–Trinajstić information content (AvgIpc) is 2.16. The van der Waals surface area contributed by atoms with E-state index in [4.69, 9.17) is 12.2 Å². The Morgan fingerprint density at radius 3 is 2.43 bits per heavy atom. The summed E-state index contributed by atoms with van der Waals surface area (Å²) in [5.74, 6) is 0. The van der Waals surface area contributed by atoms with E-state index in [0.29, 0.717) is 0 Å². The van der Waals surface area contributed by atoms with Crippen LogP contribution in [-0.4, -0.2) is 10.6 Å². The molecule has 14 heavy (non-hydrogen) atoms. The minimum Gasteiger partial charge on any atom is -0.367 e. The molecule has 0 bridgehead atoms. The highest BCUT2D eigenvalue weighted by Gasteiger charge is 2.01. The molecule has 1 aromatic carbocycles. The molecule has 3 heteroatoms. The van der Waals surface area contributed by atoms with Crippen molar-refractivity contribution in [2.24, 2.45) is 0 Å². The molecule has 1 N–H and O–H groups in total. The van der Waals surface area contributed by atoms with Gasteiger partial charge >= 0.3 is 0 Å². The fraction of sp³-hybridized carbons (Fsp3) is 0.364. The molecule has 0 fully saturated rings. The van der Waals surface area contributed by atoms with Gasteiger partial charge in [0.15, 0.2) is 0 Å². The van der Waals surface area contributed by atoms with Crippen molar-refractivity contribution < 1.29 is 0 Å². The van der Waals surface area contributed by atoms with Crippen molar-refractivity contribution in [2.75, 3.05) is 6.26 Å². The molecule has 0 unspecified atom stereocenters. The quantitative estimate of drug-likeness (QED) is 0.777. The Labute approximate surface area is 95.3 Å². The summed E-state index contributed by atoms with van der Waals surface area (Å²) in [7, 11) is 0. The second kappa shape index (κ2) is 5.37. The van der Waals surface area contributed by atoms with Crippen LogP contribution < -0.4 is 5.32 Å². The van der Waals surface area contributed by atoms with Crippen molar-refractivity contribution >= 4 is 28.3 Å². The number of thiocarbonyl (C=S) groups is 1. The Bertz CT molecular complexity index is 314. The zero-order chi connectivity index (χ0) is 10.6. The molecule has 0 saturated heterocycles. The van der Waals surface area contributed by atoms with Gasteiger partial charge in [-0.2, -0.15) is 0 Å². The van der Waals surface area contributed by atoms with Gasteiger partial charge in [-0.05, 0) is 36.8 Å². The topological polar surface area (TPSA) is 12.0 Å². The summed E-state index contributed by atoms with van der Waals surface area (Å²) >= 11 is 6.67. The van der Waals surface area contributed by atoms with Crippen molar-refractivity contribution in [3.63, 3.8) is 0 Å². The molecular weight excluding hydrogens is 210 g/mol. The van der Waals surface area contributed by atoms with Crippen LogP contribution in [0.2, 0.25) is 0 Å². The number of hydrogen-bond acceptors (Lipinski definition) is 2. The lowest BCUT2D eigenvalue weighted by atomic mass is 10.0. The maximum Gasteiger partial charge on any atom is 0.133 e. The fourth-order valence-electron chi connectivity index (χ4n) is 1.36. The van der Waals surface area contributed by atoms with Gasteiger partial charge in [0.2, 0.25) is 0 Å². The van der Waals surface area contributed by atoms with Crippen LogP contribution in [0.1, 0.15) is 16.7 Å². The molecule has 76 valence electrons. The van der Waals surface area contributed by atoms with E-state index < -0.39 is 0 Å². The molecule has 0 heterocycles. The van der Waals surface area contributed by atoms with Gasteiger partial charge in [0.1, 0.15) is 4.32 Å². The molecule has 0 aliphatic carbocycles. The summed E-state index contributed by atoms with van der Waals surface area (Å²) in [5.41, 5.74) is 3.99. The summed E-state index contributed by atoms with van der Waals surface area (Å²) in [4.78, 5) is 0. The van der Waals surface area contributed by atoms with E-state index in [9.17, 15) is 0 Å². The van der Waals surface area contributed by atoms with Gasteiger partial charge in [-0.1, -0.05) is 30.4 Å². The van der Waals surface area contributed by atoms with E-state index in [-0.39, 0.29) is 0 Å². The van der Waals surface area contributed by atoms with Gasteiger partial charge in [0.05, 0.1) is 0 Å². The molecule has 0 atom stereocenters. The van der Waals surface area contributed by atoms with E-state index in [2.05, 4.69) is 37.4 Å². The van der Waals surface area contributed by atoms with Crippen LogP contribution in [0.4, 0.5) is 0 Å². The minimum absolute atomic E-state index is 0.832. The van der Waals surface area contributed by atoms with Crippen molar-refractivity contribution in [1.82, 2.24) is 5.32 Å². The van der Waals surface area contributed by atoms with Crippen LogP contribution in [0.3, 0.4) is 0 Å². The van der Waals surface area contributed by atoms with Crippen molar-refractivity contribution in [3.05, 3.63) is 34.9 Å². The van der Waals surface area contributed by atoms with Crippen molar-refractivity contribution in [2.45, 2.75) is 20.4 Å². The summed E-state index contributed by atoms with van der Waals surface area (Å²) in [6.07, 6.45) is 1.99. The lowest BCUT2D eigenvalue weighted by Crippen LogP contribution is -2.18. The Morgan fingerprint density at radius 2 is 1.93 bits per heavy atom. The first-order valence-electron chi connectivity index (χ1n) is 4.52. The van der Waals surface area contributed by atoms with Crippen LogP contribution in [0.5, 0.6) is 0 Å². The third kappa shape index (κ3) is 3.00. The molecule has 1 nitrogen and oxygen atoms in total. The molecular formula is C11H15NS2. The molecule has 0 aliphatic rings. The minimum atomic E-state index is 0.832. The van der Waals surface area contributed by atoms with Gasteiger partial charge in [-0.15, -0.1) is 11.8 Å². The summed E-state index contributed by atoms with van der Waals surface area (Å²) in [6, 6.07) is 6.35. The van der Waals surface area contributed by atoms with Crippen molar-refractivity contribution in [3.8, 4) is 0 Å². The first kappa shape index (κ1) is 11.5. The number of benzene rings is 1. The van der Waals surface area contributed by atoms with Crippen LogP contribution in [0, 0.1) is 13.8 Å². The predicted molar refractivity (Wildman–Crippen MR) is 68.9 cm³/mol. The van der Waals surface area contributed by atoms with Gasteiger partial charge in [-0.25, -0.2) is 0 Å². The summed E-state index contributed by atoms with van der Waals surface area (Å²) in [5, 5.41) is 3.22. The normalized spacial score (nSPS) is 9.93. The van der Waals surface area contributed by atoms with Crippen LogP contribution >= 0.6 is 24.0 Å². The lowest BCUT2D eigenvalue weighted by Gasteiger charge is -2.11. The van der Waals surface area contributed by atoms with E-state index >= 15 is 0 Å². The number of aryl methyl sites for hydroxylation is 2. The molecule has 0 aromatic heterocycles. The maximum absolute atomic E-state index is 5.09. The Hall–Kier alpha value is -0.540.